The van der Waals surface area contributed by atoms with Crippen LogP contribution >= 0.6 is 11.6 Å². The van der Waals surface area contributed by atoms with E-state index in [-0.39, 0.29) is 36.7 Å². The van der Waals surface area contributed by atoms with Crippen LogP contribution in [0.15, 0.2) is 24.3 Å². The van der Waals surface area contributed by atoms with E-state index in [1.54, 1.807) is 24.3 Å². The molecule has 1 aliphatic carbocycles. The Balaban J connectivity index is 1.31. The lowest BCUT2D eigenvalue weighted by atomic mass is 9.98. The first-order valence-corrected chi connectivity index (χ1v) is 10.2. The number of carbonyl (C=O) groups excluding carboxylic acids is 4. The molecule has 1 heterocycles. The standard InChI is InChI=1S/C20H25ClN4O4/c21-15-7-5-14(6-8-15)17(27)23-12-11-22-16(26)4-3-13-25-18(28)20(24-19(25)29)9-1-2-10-20/h5-8H,1-4,9-13H2,(H,22,26)(H,23,27)(H,24,29). The van der Waals surface area contributed by atoms with Crippen molar-refractivity contribution in [2.45, 2.75) is 44.1 Å². The molecular weight excluding hydrogens is 396 g/mol. The number of hydrogen-bond acceptors (Lipinski definition) is 4. The Kier molecular flexibility index (Phi) is 6.74. The summed E-state index contributed by atoms with van der Waals surface area (Å²) in [5.41, 5.74) is -0.212. The van der Waals surface area contributed by atoms with Crippen LogP contribution in [0.4, 0.5) is 4.79 Å². The third-order valence-corrected chi connectivity index (χ3v) is 5.58. The summed E-state index contributed by atoms with van der Waals surface area (Å²) in [6.07, 6.45) is 3.87. The highest BCUT2D eigenvalue weighted by Gasteiger charge is 2.51. The summed E-state index contributed by atoms with van der Waals surface area (Å²) in [4.78, 5) is 49.7. The van der Waals surface area contributed by atoms with Gasteiger partial charge in [0.25, 0.3) is 11.8 Å². The van der Waals surface area contributed by atoms with Gasteiger partial charge in [0.05, 0.1) is 0 Å². The van der Waals surface area contributed by atoms with Gasteiger partial charge >= 0.3 is 6.03 Å². The molecule has 3 N–H and O–H groups in total. The molecule has 5 amide bonds. The van der Waals surface area contributed by atoms with Crippen molar-refractivity contribution in [1.82, 2.24) is 20.9 Å². The van der Waals surface area contributed by atoms with Crippen LogP contribution in [-0.4, -0.2) is 53.8 Å². The van der Waals surface area contributed by atoms with Gasteiger partial charge in [-0.05, 0) is 43.5 Å². The van der Waals surface area contributed by atoms with Gasteiger partial charge in [-0.3, -0.25) is 19.3 Å². The second-order valence-electron chi connectivity index (χ2n) is 7.39. The molecule has 0 radical (unpaired) electrons. The Labute approximate surface area is 174 Å². The molecule has 2 aliphatic rings. The average molecular weight is 421 g/mol. The molecule has 0 unspecified atom stereocenters. The third kappa shape index (κ3) is 5.06. The van der Waals surface area contributed by atoms with Gasteiger partial charge in [-0.1, -0.05) is 24.4 Å². The molecular formula is C20H25ClN4O4. The molecule has 1 saturated heterocycles. The van der Waals surface area contributed by atoms with E-state index in [0.717, 1.165) is 12.8 Å². The van der Waals surface area contributed by atoms with E-state index >= 15 is 0 Å². The van der Waals surface area contributed by atoms with E-state index in [4.69, 9.17) is 11.6 Å². The Hall–Kier alpha value is -2.61. The molecule has 1 aromatic carbocycles. The summed E-state index contributed by atoms with van der Waals surface area (Å²) >= 11 is 5.79. The molecule has 2 fully saturated rings. The fourth-order valence-corrected chi connectivity index (χ4v) is 3.89. The number of nitrogens with one attached hydrogen (secondary N) is 3. The van der Waals surface area contributed by atoms with Crippen LogP contribution in [0.3, 0.4) is 0 Å². The zero-order chi connectivity index (χ0) is 20.9. The first-order chi connectivity index (χ1) is 13.9. The van der Waals surface area contributed by atoms with E-state index < -0.39 is 5.54 Å². The Morgan fingerprint density at radius 2 is 1.72 bits per heavy atom. The monoisotopic (exact) mass is 420 g/mol. The minimum absolute atomic E-state index is 0.162. The lowest BCUT2D eigenvalue weighted by Crippen LogP contribution is -2.44. The number of urea groups is 1. The summed E-state index contributed by atoms with van der Waals surface area (Å²) < 4.78 is 0. The number of imide groups is 1. The molecule has 156 valence electrons. The largest absolute Gasteiger partial charge is 0.354 e. The third-order valence-electron chi connectivity index (χ3n) is 5.33. The number of rotatable bonds is 8. The SMILES string of the molecule is O=C(CCCN1C(=O)NC2(CCCC2)C1=O)NCCNC(=O)c1ccc(Cl)cc1. The zero-order valence-electron chi connectivity index (χ0n) is 16.1. The van der Waals surface area contributed by atoms with E-state index in [0.29, 0.717) is 42.9 Å². The van der Waals surface area contributed by atoms with Gasteiger partial charge in [0.1, 0.15) is 5.54 Å². The van der Waals surface area contributed by atoms with Crippen LogP contribution in [0, 0.1) is 0 Å². The summed E-state index contributed by atoms with van der Waals surface area (Å²) in [6.45, 7) is 0.820. The lowest BCUT2D eigenvalue weighted by Gasteiger charge is -2.19. The average Bonchev–Trinajstić information content (AvgIpc) is 3.26. The Morgan fingerprint density at radius 3 is 2.41 bits per heavy atom. The van der Waals surface area contributed by atoms with Crippen molar-refractivity contribution < 1.29 is 19.2 Å². The first kappa shape index (κ1) is 21.1. The van der Waals surface area contributed by atoms with Crippen molar-refractivity contribution in [2.24, 2.45) is 0 Å². The van der Waals surface area contributed by atoms with Crippen LogP contribution in [-0.2, 0) is 9.59 Å². The van der Waals surface area contributed by atoms with Crippen molar-refractivity contribution >= 4 is 35.4 Å². The summed E-state index contributed by atoms with van der Waals surface area (Å²) in [5, 5.41) is 8.81. The van der Waals surface area contributed by atoms with E-state index in [9.17, 15) is 19.2 Å². The van der Waals surface area contributed by atoms with Crippen molar-refractivity contribution in [2.75, 3.05) is 19.6 Å². The van der Waals surface area contributed by atoms with Crippen molar-refractivity contribution in [3.05, 3.63) is 34.9 Å². The van der Waals surface area contributed by atoms with Crippen LogP contribution < -0.4 is 16.0 Å². The summed E-state index contributed by atoms with van der Waals surface area (Å²) in [6, 6.07) is 6.17. The fourth-order valence-electron chi connectivity index (χ4n) is 3.76. The van der Waals surface area contributed by atoms with Crippen molar-refractivity contribution in [1.29, 1.82) is 0 Å². The van der Waals surface area contributed by atoms with E-state index in [2.05, 4.69) is 16.0 Å². The number of benzene rings is 1. The minimum atomic E-state index is -0.707. The van der Waals surface area contributed by atoms with E-state index in [1.165, 1.54) is 4.90 Å². The molecule has 29 heavy (non-hydrogen) atoms. The predicted octanol–water partition coefficient (Wildman–Crippen LogP) is 1.83. The number of amides is 5. The molecule has 0 bridgehead atoms. The maximum atomic E-state index is 12.5. The van der Waals surface area contributed by atoms with Crippen molar-refractivity contribution in [3.63, 3.8) is 0 Å². The van der Waals surface area contributed by atoms with Gasteiger partial charge in [-0.2, -0.15) is 0 Å². The molecule has 9 heteroatoms. The van der Waals surface area contributed by atoms with Gasteiger partial charge in [-0.15, -0.1) is 0 Å². The Morgan fingerprint density at radius 1 is 1.07 bits per heavy atom. The first-order valence-electron chi connectivity index (χ1n) is 9.86. The van der Waals surface area contributed by atoms with E-state index in [1.807, 2.05) is 0 Å². The Bertz CT molecular complexity index is 790. The van der Waals surface area contributed by atoms with Crippen molar-refractivity contribution in [3.8, 4) is 0 Å². The number of hydrogen-bond donors (Lipinski definition) is 3. The van der Waals surface area contributed by atoms with Gasteiger partial charge in [0.2, 0.25) is 5.91 Å². The van der Waals surface area contributed by atoms with Crippen LogP contribution in [0.25, 0.3) is 0 Å². The highest BCUT2D eigenvalue weighted by atomic mass is 35.5. The topological polar surface area (TPSA) is 108 Å². The number of carbonyl (C=O) groups is 4. The van der Waals surface area contributed by atoms with Crippen LogP contribution in [0.1, 0.15) is 48.9 Å². The quantitative estimate of drug-likeness (QED) is 0.440. The number of nitrogens with zero attached hydrogens (tertiary/aromatic N) is 1. The van der Waals surface area contributed by atoms with Crippen LogP contribution in [0.2, 0.25) is 5.02 Å². The van der Waals surface area contributed by atoms with Gasteiger partial charge in [0, 0.05) is 36.6 Å². The summed E-state index contributed by atoms with van der Waals surface area (Å²) in [5.74, 6) is -0.589. The highest BCUT2D eigenvalue weighted by Crippen LogP contribution is 2.35. The predicted molar refractivity (Wildman–Crippen MR) is 107 cm³/mol. The molecule has 0 aromatic heterocycles. The molecule has 0 atom stereocenters. The maximum Gasteiger partial charge on any atom is 0.325 e. The highest BCUT2D eigenvalue weighted by molar-refractivity contribution is 6.30. The molecule has 1 spiro atoms. The normalized spacial score (nSPS) is 17.5. The molecule has 3 rings (SSSR count). The fraction of sp³-hybridized carbons (Fsp3) is 0.500. The zero-order valence-corrected chi connectivity index (χ0v) is 16.9. The summed E-state index contributed by atoms with van der Waals surface area (Å²) in [7, 11) is 0. The van der Waals surface area contributed by atoms with Crippen LogP contribution in [0.5, 0.6) is 0 Å². The maximum absolute atomic E-state index is 12.5. The second kappa shape index (κ2) is 9.26. The minimum Gasteiger partial charge on any atom is -0.354 e. The molecule has 1 aromatic rings. The van der Waals surface area contributed by atoms with Gasteiger partial charge in [-0.25, -0.2) is 4.79 Å². The van der Waals surface area contributed by atoms with Gasteiger partial charge in [0.15, 0.2) is 0 Å². The lowest BCUT2D eigenvalue weighted by molar-refractivity contribution is -0.131. The van der Waals surface area contributed by atoms with Gasteiger partial charge < -0.3 is 16.0 Å². The number of halogens is 1. The smallest absolute Gasteiger partial charge is 0.325 e. The molecule has 8 nitrogen and oxygen atoms in total. The molecule has 1 saturated carbocycles. The molecule has 1 aliphatic heterocycles. The second-order valence-corrected chi connectivity index (χ2v) is 7.83.